The lowest BCUT2D eigenvalue weighted by atomic mass is 9.93. The van der Waals surface area contributed by atoms with Crippen molar-refractivity contribution in [2.24, 2.45) is 0 Å². The van der Waals surface area contributed by atoms with Gasteiger partial charge in [-0.3, -0.25) is 4.79 Å². The highest BCUT2D eigenvalue weighted by Crippen LogP contribution is 2.35. The van der Waals surface area contributed by atoms with Gasteiger partial charge in [-0.2, -0.15) is 4.31 Å². The van der Waals surface area contributed by atoms with Crippen molar-refractivity contribution in [1.29, 1.82) is 0 Å². The van der Waals surface area contributed by atoms with Gasteiger partial charge in [-0.25, -0.2) is 21.2 Å². The molecular weight excluding hydrogens is 555 g/mol. The first-order valence-electron chi connectivity index (χ1n) is 12.1. The molecule has 1 atom stereocenters. The van der Waals surface area contributed by atoms with Gasteiger partial charge in [-0.05, 0) is 49.2 Å². The number of hydrogen-bond acceptors (Lipinski definition) is 6. The first kappa shape index (κ1) is 30.2. The van der Waals surface area contributed by atoms with Gasteiger partial charge in [0.05, 0.1) is 11.5 Å². The Morgan fingerprint density at radius 2 is 1.87 bits per heavy atom. The van der Waals surface area contributed by atoms with Gasteiger partial charge in [-0.15, -0.1) is 0 Å². The van der Waals surface area contributed by atoms with Crippen LogP contribution in [0.4, 0.5) is 4.39 Å². The number of nitrogens with one attached hydrogen (secondary N) is 1. The normalized spacial score (nSPS) is 17.4. The number of alkyl halides is 1. The van der Waals surface area contributed by atoms with Crippen molar-refractivity contribution < 1.29 is 30.8 Å². The predicted octanol–water partition coefficient (Wildman–Crippen LogP) is 4.10. The van der Waals surface area contributed by atoms with Gasteiger partial charge in [0.1, 0.15) is 0 Å². The van der Waals surface area contributed by atoms with Crippen LogP contribution < -0.4 is 5.32 Å². The Labute approximate surface area is 228 Å². The van der Waals surface area contributed by atoms with Crippen LogP contribution in [0.25, 0.3) is 11.1 Å². The third-order valence-electron chi connectivity index (χ3n) is 6.17. The molecule has 208 valence electrons. The van der Waals surface area contributed by atoms with E-state index in [-0.39, 0.29) is 30.8 Å². The summed E-state index contributed by atoms with van der Waals surface area (Å²) in [5.41, 5.74) is -0.345. The maximum absolute atomic E-state index is 15.5. The fraction of sp³-hybridized carbons (Fsp3) is 0.423. The molecular formula is C26H32ClFN2O6S2. The molecule has 0 radical (unpaired) electrons. The van der Waals surface area contributed by atoms with E-state index in [4.69, 9.17) is 16.3 Å². The summed E-state index contributed by atoms with van der Waals surface area (Å²) < 4.78 is 72.0. The number of amides is 1. The fourth-order valence-electron chi connectivity index (χ4n) is 4.09. The largest absolute Gasteiger partial charge is 0.377 e. The third-order valence-corrected chi connectivity index (χ3v) is 9.01. The molecule has 0 spiro atoms. The first-order chi connectivity index (χ1) is 17.7. The summed E-state index contributed by atoms with van der Waals surface area (Å²) in [6, 6.07) is 11.1. The van der Waals surface area contributed by atoms with Crippen molar-refractivity contribution >= 4 is 37.4 Å². The number of halogens is 2. The number of ether oxygens (including phenoxy) is 1. The number of rotatable bonds is 10. The van der Waals surface area contributed by atoms with Crippen molar-refractivity contribution in [2.45, 2.75) is 49.9 Å². The molecule has 1 saturated heterocycles. The van der Waals surface area contributed by atoms with Crippen LogP contribution >= 0.6 is 11.6 Å². The van der Waals surface area contributed by atoms with E-state index in [0.717, 1.165) is 17.2 Å². The second-order valence-electron chi connectivity index (χ2n) is 9.27. The van der Waals surface area contributed by atoms with E-state index in [0.29, 0.717) is 29.4 Å². The van der Waals surface area contributed by atoms with E-state index >= 15 is 4.39 Å². The van der Waals surface area contributed by atoms with Gasteiger partial charge in [0, 0.05) is 60.8 Å². The van der Waals surface area contributed by atoms with Gasteiger partial charge in [0.25, 0.3) is 5.91 Å². The fourth-order valence-corrected chi connectivity index (χ4v) is 6.42. The Balaban J connectivity index is 1.79. The maximum Gasteiger partial charge on any atom is 0.258 e. The summed E-state index contributed by atoms with van der Waals surface area (Å²) in [6.45, 7) is 3.92. The quantitative estimate of drug-likeness (QED) is 0.449. The molecule has 0 bridgehead atoms. The molecule has 1 N–H and O–H groups in total. The zero-order valence-electron chi connectivity index (χ0n) is 21.5. The molecule has 2 aromatic carbocycles. The van der Waals surface area contributed by atoms with Crippen molar-refractivity contribution in [1.82, 2.24) is 9.62 Å². The number of sulfone groups is 1. The molecule has 1 fully saturated rings. The Hall–Kier alpha value is -2.31. The Bertz CT molecular complexity index is 1400. The van der Waals surface area contributed by atoms with Gasteiger partial charge in [-0.1, -0.05) is 35.9 Å². The number of sulfonamides is 1. The Morgan fingerprint density at radius 1 is 1.18 bits per heavy atom. The molecule has 8 nitrogen and oxygen atoms in total. The van der Waals surface area contributed by atoms with E-state index in [1.165, 1.54) is 29.4 Å². The summed E-state index contributed by atoms with van der Waals surface area (Å²) in [4.78, 5) is 12.6. The average molecular weight is 587 g/mol. The van der Waals surface area contributed by atoms with Gasteiger partial charge in [0.2, 0.25) is 10.0 Å². The second kappa shape index (κ2) is 12.3. The van der Waals surface area contributed by atoms with E-state index in [1.807, 2.05) is 25.1 Å². The monoisotopic (exact) mass is 586 g/mol. The summed E-state index contributed by atoms with van der Waals surface area (Å²) in [5.74, 6) is -0.904. The zero-order chi connectivity index (χ0) is 28.1. The van der Waals surface area contributed by atoms with Crippen LogP contribution in [0.3, 0.4) is 0 Å². The SMILES string of the molecule is CCOCc1cccc(-c2cc(Cl)ccc2S(=O)(=O)N2CCC(F)(C(=O)N[C@@H](C)/C=C\S(C)(=O)=O)CC2)c1. The number of nitrogens with zero attached hydrogens (tertiary/aromatic N) is 1. The molecule has 0 saturated carbocycles. The van der Waals surface area contributed by atoms with Crippen LogP contribution in [-0.4, -0.2) is 64.7 Å². The predicted molar refractivity (Wildman–Crippen MR) is 146 cm³/mol. The summed E-state index contributed by atoms with van der Waals surface area (Å²) in [5, 5.41) is 3.75. The Morgan fingerprint density at radius 3 is 2.50 bits per heavy atom. The lowest BCUT2D eigenvalue weighted by Crippen LogP contribution is -2.53. The van der Waals surface area contributed by atoms with Gasteiger partial charge >= 0.3 is 0 Å². The van der Waals surface area contributed by atoms with Crippen molar-refractivity contribution in [3.8, 4) is 11.1 Å². The molecule has 38 heavy (non-hydrogen) atoms. The molecule has 1 heterocycles. The van der Waals surface area contributed by atoms with Crippen LogP contribution in [0.15, 0.2) is 58.8 Å². The van der Waals surface area contributed by atoms with Crippen LogP contribution in [0.5, 0.6) is 0 Å². The van der Waals surface area contributed by atoms with Gasteiger partial charge in [0.15, 0.2) is 15.5 Å². The van der Waals surface area contributed by atoms with E-state index in [1.54, 1.807) is 12.1 Å². The molecule has 12 heteroatoms. The molecule has 1 aliphatic heterocycles. The first-order valence-corrected chi connectivity index (χ1v) is 15.9. The molecule has 1 aliphatic rings. The lowest BCUT2D eigenvalue weighted by Gasteiger charge is -2.35. The zero-order valence-corrected chi connectivity index (χ0v) is 23.9. The maximum atomic E-state index is 15.5. The summed E-state index contributed by atoms with van der Waals surface area (Å²) in [6.07, 6.45) is 1.58. The molecule has 0 aromatic heterocycles. The highest BCUT2D eigenvalue weighted by Gasteiger charge is 2.44. The number of benzene rings is 2. The standard InChI is InChI=1S/C26H32ClFN2O6S2/c1-4-36-18-20-6-5-7-21(16-20)23-17-22(27)8-9-24(23)38(34,35)30-13-11-26(28,12-14-30)25(31)29-19(2)10-15-37(3,32)33/h5-10,15-17,19H,4,11-14,18H2,1-3H3,(H,29,31)/b15-10-/t19-/m0/s1. The van der Waals surface area contributed by atoms with E-state index < -0.39 is 37.5 Å². The lowest BCUT2D eigenvalue weighted by molar-refractivity contribution is -0.135. The number of carbonyl (C=O) groups excluding carboxylic acids is 1. The van der Waals surface area contributed by atoms with Crippen LogP contribution in [0, 0.1) is 0 Å². The van der Waals surface area contributed by atoms with Gasteiger partial charge < -0.3 is 10.1 Å². The molecule has 0 unspecified atom stereocenters. The Kier molecular flexibility index (Phi) is 9.75. The van der Waals surface area contributed by atoms with Crippen LogP contribution in [0.2, 0.25) is 5.02 Å². The number of hydrogen-bond donors (Lipinski definition) is 1. The highest BCUT2D eigenvalue weighted by molar-refractivity contribution is 7.93. The minimum Gasteiger partial charge on any atom is -0.377 e. The molecule has 0 aliphatic carbocycles. The van der Waals surface area contributed by atoms with E-state index in [2.05, 4.69) is 5.32 Å². The minimum atomic E-state index is -4.04. The van der Waals surface area contributed by atoms with Crippen molar-refractivity contribution in [3.63, 3.8) is 0 Å². The average Bonchev–Trinajstić information content (AvgIpc) is 2.86. The van der Waals surface area contributed by atoms with Crippen LogP contribution in [-0.2, 0) is 36.0 Å². The van der Waals surface area contributed by atoms with Crippen molar-refractivity contribution in [2.75, 3.05) is 26.0 Å². The van der Waals surface area contributed by atoms with Crippen LogP contribution in [0.1, 0.15) is 32.3 Å². The molecule has 2 aromatic rings. The highest BCUT2D eigenvalue weighted by atomic mass is 35.5. The van der Waals surface area contributed by atoms with E-state index in [9.17, 15) is 21.6 Å². The minimum absolute atomic E-state index is 0.0332. The smallest absolute Gasteiger partial charge is 0.258 e. The topological polar surface area (TPSA) is 110 Å². The summed E-state index contributed by atoms with van der Waals surface area (Å²) in [7, 11) is -7.44. The third kappa shape index (κ3) is 7.63. The number of piperidine rings is 1. The van der Waals surface area contributed by atoms with Crippen molar-refractivity contribution in [3.05, 3.63) is 64.5 Å². The second-order valence-corrected chi connectivity index (χ2v) is 13.5. The molecule has 1 amide bonds. The molecule has 3 rings (SSSR count). The number of carbonyl (C=O) groups is 1. The summed E-state index contributed by atoms with van der Waals surface area (Å²) >= 11 is 6.22.